The van der Waals surface area contributed by atoms with E-state index in [4.69, 9.17) is 16.3 Å². The number of nitrogens with one attached hydrogen (secondary N) is 3. The molecular weight excluding hydrogens is 700 g/mol. The molecule has 0 bridgehead atoms. The van der Waals surface area contributed by atoms with Gasteiger partial charge in [-0.15, -0.1) is 23.1 Å². The Labute approximate surface area is 308 Å². The minimum absolute atomic E-state index is 0.0382. The van der Waals surface area contributed by atoms with Crippen LogP contribution in [0, 0.1) is 0 Å². The maximum Gasteiger partial charge on any atom is 0.272 e. The monoisotopic (exact) mass is 730 g/mol. The molecule has 0 aliphatic carbocycles. The number of carbonyl (C=O) groups excluding carboxylic acids is 3. The fourth-order valence-corrected chi connectivity index (χ4v) is 7.05. The van der Waals surface area contributed by atoms with Crippen molar-refractivity contribution in [2.75, 3.05) is 17.7 Å². The molecule has 8 nitrogen and oxygen atoms in total. The summed E-state index contributed by atoms with van der Waals surface area (Å²) in [5, 5.41) is 10.9. The Hall–Kier alpha value is -5.68. The highest BCUT2D eigenvalue weighted by atomic mass is 35.5. The van der Waals surface area contributed by atoms with E-state index in [9.17, 15) is 14.4 Å². The van der Waals surface area contributed by atoms with E-state index in [0.717, 1.165) is 16.0 Å². The van der Waals surface area contributed by atoms with Crippen LogP contribution in [0.15, 0.2) is 149 Å². The minimum Gasteiger partial charge on any atom is -0.497 e. The van der Waals surface area contributed by atoms with Gasteiger partial charge >= 0.3 is 0 Å². The van der Waals surface area contributed by atoms with Gasteiger partial charge in [-0.2, -0.15) is 0 Å². The zero-order valence-corrected chi connectivity index (χ0v) is 29.6. The van der Waals surface area contributed by atoms with E-state index in [1.165, 1.54) is 23.1 Å². The Morgan fingerprint density at radius 3 is 2.31 bits per heavy atom. The third-order valence-electron chi connectivity index (χ3n) is 7.50. The van der Waals surface area contributed by atoms with Crippen molar-refractivity contribution < 1.29 is 19.1 Å². The fourth-order valence-electron chi connectivity index (χ4n) is 5.02. The number of rotatable bonds is 12. The smallest absolute Gasteiger partial charge is 0.272 e. The number of benzene rings is 5. The topological polar surface area (TPSA) is 109 Å². The van der Waals surface area contributed by atoms with Crippen molar-refractivity contribution in [3.63, 3.8) is 0 Å². The van der Waals surface area contributed by atoms with Gasteiger partial charge in [0.1, 0.15) is 16.7 Å². The number of carbonyl (C=O) groups is 3. The predicted octanol–water partition coefficient (Wildman–Crippen LogP) is 9.35. The molecule has 0 radical (unpaired) electrons. The molecule has 1 aromatic heterocycles. The fraction of sp³-hybridized carbons (Fsp3) is 0.0500. The van der Waals surface area contributed by atoms with Crippen LogP contribution in [0.1, 0.15) is 26.7 Å². The molecule has 0 fully saturated rings. The molecule has 0 saturated carbocycles. The number of ether oxygens (including phenoxy) is 1. The molecule has 0 saturated heterocycles. The summed E-state index contributed by atoms with van der Waals surface area (Å²) in [7, 11) is 1.56. The van der Waals surface area contributed by atoms with Crippen molar-refractivity contribution in [1.82, 2.24) is 10.3 Å². The molecule has 1 atom stereocenters. The second kappa shape index (κ2) is 16.8. The summed E-state index contributed by atoms with van der Waals surface area (Å²) in [4.78, 5) is 46.0. The summed E-state index contributed by atoms with van der Waals surface area (Å²) >= 11 is 9.02. The molecule has 1 unspecified atom stereocenters. The van der Waals surface area contributed by atoms with Gasteiger partial charge in [0.2, 0.25) is 5.91 Å². The lowest BCUT2D eigenvalue weighted by Gasteiger charge is -2.17. The van der Waals surface area contributed by atoms with Crippen molar-refractivity contribution in [1.29, 1.82) is 0 Å². The SMILES string of the molecule is COc1cccc(/C=C(\NC(=O)c2ccccc2)C(=O)Nc2cccc(SC(C(=O)Nc3nc(-c4ccccc4Cl)cs3)c3ccccc3)c2)c1. The molecule has 254 valence electrons. The number of hydrogen-bond acceptors (Lipinski definition) is 7. The quantitative estimate of drug-likeness (QED) is 0.0856. The van der Waals surface area contributed by atoms with Crippen molar-refractivity contribution in [3.05, 3.63) is 166 Å². The van der Waals surface area contributed by atoms with E-state index in [2.05, 4.69) is 20.9 Å². The number of thiazole rings is 1. The van der Waals surface area contributed by atoms with Crippen LogP contribution in [0.3, 0.4) is 0 Å². The molecule has 3 N–H and O–H groups in total. The first-order chi connectivity index (χ1) is 24.9. The second-order valence-corrected chi connectivity index (χ2v) is 13.5. The van der Waals surface area contributed by atoms with Crippen LogP contribution < -0.4 is 20.7 Å². The van der Waals surface area contributed by atoms with Gasteiger partial charge in [-0.05, 0) is 65.7 Å². The second-order valence-electron chi connectivity index (χ2n) is 11.1. The number of halogens is 1. The number of hydrogen-bond donors (Lipinski definition) is 3. The highest BCUT2D eigenvalue weighted by Crippen LogP contribution is 2.38. The van der Waals surface area contributed by atoms with Crippen LogP contribution >= 0.6 is 34.7 Å². The van der Waals surface area contributed by atoms with Gasteiger partial charge in [-0.1, -0.05) is 96.5 Å². The summed E-state index contributed by atoms with van der Waals surface area (Å²) in [5.41, 5.74) is 3.84. The Bertz CT molecular complexity index is 2190. The van der Waals surface area contributed by atoms with Crippen molar-refractivity contribution in [3.8, 4) is 17.0 Å². The van der Waals surface area contributed by atoms with Gasteiger partial charge in [0.15, 0.2) is 5.13 Å². The molecule has 11 heteroatoms. The van der Waals surface area contributed by atoms with Gasteiger partial charge in [-0.3, -0.25) is 14.4 Å². The number of methoxy groups -OCH3 is 1. The Morgan fingerprint density at radius 2 is 1.55 bits per heavy atom. The number of anilines is 2. The van der Waals surface area contributed by atoms with Crippen LogP contribution in [0.4, 0.5) is 10.8 Å². The van der Waals surface area contributed by atoms with Gasteiger partial charge in [-0.25, -0.2) is 4.98 Å². The van der Waals surface area contributed by atoms with E-state index < -0.39 is 17.1 Å². The Balaban J connectivity index is 1.22. The van der Waals surface area contributed by atoms with Crippen LogP contribution in [0.5, 0.6) is 5.75 Å². The third-order valence-corrected chi connectivity index (χ3v) is 9.84. The van der Waals surface area contributed by atoms with Gasteiger partial charge in [0.25, 0.3) is 11.8 Å². The molecule has 6 aromatic rings. The largest absolute Gasteiger partial charge is 0.497 e. The summed E-state index contributed by atoms with van der Waals surface area (Å²) < 4.78 is 5.34. The summed E-state index contributed by atoms with van der Waals surface area (Å²) in [6, 6.07) is 39.9. The molecule has 1 heterocycles. The molecular formula is C40H31ClN4O4S2. The normalized spacial score (nSPS) is 11.7. The molecule has 0 spiro atoms. The predicted molar refractivity (Wildman–Crippen MR) is 206 cm³/mol. The van der Waals surface area contributed by atoms with Crippen LogP contribution in [-0.4, -0.2) is 29.8 Å². The lowest BCUT2D eigenvalue weighted by molar-refractivity contribution is -0.116. The first-order valence-corrected chi connectivity index (χ1v) is 17.9. The maximum atomic E-state index is 13.8. The Kier molecular flexibility index (Phi) is 11.6. The van der Waals surface area contributed by atoms with E-state index in [1.807, 2.05) is 66.0 Å². The summed E-state index contributed by atoms with van der Waals surface area (Å²) in [5.74, 6) is -0.608. The number of thioether (sulfide) groups is 1. The summed E-state index contributed by atoms with van der Waals surface area (Å²) in [6.45, 7) is 0. The van der Waals surface area contributed by atoms with Gasteiger partial charge < -0.3 is 20.7 Å². The zero-order valence-electron chi connectivity index (χ0n) is 27.2. The zero-order chi connectivity index (χ0) is 35.6. The molecule has 0 aliphatic rings. The van der Waals surface area contributed by atoms with Crippen LogP contribution in [0.2, 0.25) is 5.02 Å². The standard InChI is InChI=1S/C40H31ClN4O4S2/c1-49-30-18-10-12-26(22-30)23-34(43-37(46)28-15-6-3-7-16-28)38(47)42-29-17-11-19-31(24-29)51-36(27-13-4-2-5-14-27)39(48)45-40-44-35(25-50-40)32-20-8-9-21-33(32)41/h2-25,36H,1H3,(H,42,47)(H,43,46)(H,44,45,48)/b34-23-. The van der Waals surface area contributed by atoms with Gasteiger partial charge in [0, 0.05) is 32.1 Å². The Morgan fingerprint density at radius 1 is 0.824 bits per heavy atom. The number of aromatic nitrogens is 1. The van der Waals surface area contributed by atoms with Crippen LogP contribution in [0.25, 0.3) is 17.3 Å². The highest BCUT2D eigenvalue weighted by molar-refractivity contribution is 8.00. The van der Waals surface area contributed by atoms with Crippen molar-refractivity contribution >= 4 is 69.3 Å². The molecule has 0 aliphatic heterocycles. The maximum absolute atomic E-state index is 13.8. The average molecular weight is 731 g/mol. The van der Waals surface area contributed by atoms with Gasteiger partial charge in [0.05, 0.1) is 12.8 Å². The van der Waals surface area contributed by atoms with E-state index >= 15 is 0 Å². The lowest BCUT2D eigenvalue weighted by atomic mass is 10.1. The molecule has 6 rings (SSSR count). The summed E-state index contributed by atoms with van der Waals surface area (Å²) in [6.07, 6.45) is 1.59. The molecule has 5 aromatic carbocycles. The van der Waals surface area contributed by atoms with Crippen molar-refractivity contribution in [2.45, 2.75) is 10.1 Å². The molecule has 51 heavy (non-hydrogen) atoms. The van der Waals surface area contributed by atoms with E-state index in [-0.39, 0.29) is 11.6 Å². The van der Waals surface area contributed by atoms with E-state index in [1.54, 1.807) is 86.0 Å². The minimum atomic E-state index is -0.640. The first kappa shape index (κ1) is 35.2. The highest BCUT2D eigenvalue weighted by Gasteiger charge is 2.24. The third kappa shape index (κ3) is 9.31. The number of nitrogens with zero attached hydrogens (tertiary/aromatic N) is 1. The average Bonchev–Trinajstić information content (AvgIpc) is 3.62. The first-order valence-electron chi connectivity index (χ1n) is 15.7. The van der Waals surface area contributed by atoms with Crippen LogP contribution in [-0.2, 0) is 9.59 Å². The number of amides is 3. The van der Waals surface area contributed by atoms with E-state index in [0.29, 0.717) is 38.4 Å². The lowest BCUT2D eigenvalue weighted by Crippen LogP contribution is -2.30. The van der Waals surface area contributed by atoms with Crippen molar-refractivity contribution in [2.24, 2.45) is 0 Å². The molecule has 3 amide bonds.